The summed E-state index contributed by atoms with van der Waals surface area (Å²) in [6.07, 6.45) is 5.47. The standard InChI is InChI=1S/C28H33N5O3.C2HF3O2/c1-34-25-14-8-21(9-15-25)6-12-23-20-24(13-7-22-10-16-26(35-2)17-11-22)33-28(32-23)36-19-5-3-4-18-31-27(29)30;3-2(4,5)1(6)7/h6-17,20H,3-5,18-19H2,1-2H3,(H4,29,30,31);(H,6,7). The Morgan fingerprint density at radius 3 is 1.70 bits per heavy atom. The van der Waals surface area contributed by atoms with Crippen LogP contribution in [0.25, 0.3) is 24.3 Å². The lowest BCUT2D eigenvalue weighted by Gasteiger charge is -2.07. The molecule has 0 fully saturated rings. The summed E-state index contributed by atoms with van der Waals surface area (Å²) in [5.74, 6) is -1.01. The van der Waals surface area contributed by atoms with Crippen LogP contribution < -0.4 is 25.7 Å². The van der Waals surface area contributed by atoms with E-state index in [1.165, 1.54) is 0 Å². The van der Waals surface area contributed by atoms with Gasteiger partial charge in [-0.1, -0.05) is 36.4 Å². The van der Waals surface area contributed by atoms with Crippen molar-refractivity contribution in [1.82, 2.24) is 9.97 Å². The summed E-state index contributed by atoms with van der Waals surface area (Å²) >= 11 is 0. The molecule has 0 amide bonds. The number of aliphatic imine (C=N–C) groups is 1. The van der Waals surface area contributed by atoms with E-state index in [0.29, 0.717) is 19.2 Å². The van der Waals surface area contributed by atoms with Gasteiger partial charge >= 0.3 is 18.2 Å². The molecule has 0 spiro atoms. The topological polar surface area (TPSA) is 155 Å². The number of carboxylic acids is 1. The molecule has 2 aromatic carbocycles. The van der Waals surface area contributed by atoms with Gasteiger partial charge in [-0.2, -0.15) is 23.1 Å². The van der Waals surface area contributed by atoms with Crippen LogP contribution in [0, 0.1) is 0 Å². The number of unbranched alkanes of at least 4 members (excludes halogenated alkanes) is 2. The van der Waals surface area contributed by atoms with Crippen LogP contribution in [0.1, 0.15) is 41.8 Å². The monoisotopic (exact) mass is 601 g/mol. The summed E-state index contributed by atoms with van der Waals surface area (Å²) in [4.78, 5) is 22.0. The zero-order valence-electron chi connectivity index (χ0n) is 23.8. The minimum Gasteiger partial charge on any atom is -0.497 e. The summed E-state index contributed by atoms with van der Waals surface area (Å²) in [5, 5.41) is 7.12. The first-order chi connectivity index (χ1) is 20.5. The van der Waals surface area contributed by atoms with Crippen LogP contribution in [-0.2, 0) is 4.79 Å². The van der Waals surface area contributed by atoms with E-state index in [0.717, 1.165) is 53.3 Å². The lowest BCUT2D eigenvalue weighted by molar-refractivity contribution is -0.192. The molecule has 0 aliphatic carbocycles. The van der Waals surface area contributed by atoms with Gasteiger partial charge in [0.2, 0.25) is 0 Å². The number of nitrogens with zero attached hydrogens (tertiary/aromatic N) is 3. The van der Waals surface area contributed by atoms with Crippen LogP contribution >= 0.6 is 0 Å². The first-order valence-corrected chi connectivity index (χ1v) is 13.0. The van der Waals surface area contributed by atoms with Crippen molar-refractivity contribution in [3.63, 3.8) is 0 Å². The average Bonchev–Trinajstić information content (AvgIpc) is 2.98. The van der Waals surface area contributed by atoms with Gasteiger partial charge in [0.15, 0.2) is 5.96 Å². The molecule has 230 valence electrons. The van der Waals surface area contributed by atoms with Gasteiger partial charge in [-0.15, -0.1) is 0 Å². The van der Waals surface area contributed by atoms with Gasteiger partial charge in [-0.25, -0.2) is 4.79 Å². The van der Waals surface area contributed by atoms with E-state index in [1.54, 1.807) is 14.2 Å². The number of nitrogens with two attached hydrogens (primary N) is 2. The summed E-state index contributed by atoms with van der Waals surface area (Å²) in [5.41, 5.74) is 14.3. The third kappa shape index (κ3) is 13.9. The van der Waals surface area contributed by atoms with Gasteiger partial charge in [0.05, 0.1) is 32.2 Å². The second-order valence-corrected chi connectivity index (χ2v) is 8.73. The molecule has 1 heterocycles. The summed E-state index contributed by atoms with van der Waals surface area (Å²) in [7, 11) is 3.30. The van der Waals surface area contributed by atoms with E-state index in [9.17, 15) is 13.2 Å². The molecule has 0 aliphatic heterocycles. The van der Waals surface area contributed by atoms with Crippen molar-refractivity contribution in [1.29, 1.82) is 0 Å². The molecule has 43 heavy (non-hydrogen) atoms. The van der Waals surface area contributed by atoms with Gasteiger partial charge in [0, 0.05) is 6.54 Å². The summed E-state index contributed by atoms with van der Waals surface area (Å²) in [6, 6.07) is 17.9. The van der Waals surface area contributed by atoms with Crippen LogP contribution in [0.2, 0.25) is 0 Å². The highest BCUT2D eigenvalue weighted by atomic mass is 19.4. The first-order valence-electron chi connectivity index (χ1n) is 13.0. The van der Waals surface area contributed by atoms with Crippen LogP contribution in [0.3, 0.4) is 0 Å². The Morgan fingerprint density at radius 1 is 0.837 bits per heavy atom. The number of ether oxygens (including phenoxy) is 3. The molecule has 10 nitrogen and oxygen atoms in total. The number of hydrogen-bond acceptors (Lipinski definition) is 7. The molecule has 5 N–H and O–H groups in total. The van der Waals surface area contributed by atoms with Crippen LogP contribution in [0.4, 0.5) is 13.2 Å². The number of aromatic nitrogens is 2. The van der Waals surface area contributed by atoms with Gasteiger partial charge in [0.25, 0.3) is 0 Å². The SMILES string of the molecule is COc1ccc(C=Cc2cc(C=Cc3ccc(OC)cc3)nc(OCCCCCN=C(N)N)n2)cc1.O=C(O)C(F)(F)F. The third-order valence-corrected chi connectivity index (χ3v) is 5.44. The molecule has 0 saturated carbocycles. The molecular formula is C30H34F3N5O5. The van der Waals surface area contributed by atoms with Gasteiger partial charge in [0.1, 0.15) is 11.5 Å². The van der Waals surface area contributed by atoms with Gasteiger partial charge < -0.3 is 30.8 Å². The Kier molecular flexibility index (Phi) is 14.0. The number of hydrogen-bond donors (Lipinski definition) is 3. The number of benzene rings is 2. The van der Waals surface area contributed by atoms with Gasteiger partial charge in [-0.05, 0) is 72.9 Å². The molecule has 3 rings (SSSR count). The number of carbonyl (C=O) groups is 1. The van der Waals surface area contributed by atoms with Crippen molar-refractivity contribution < 1.29 is 37.3 Å². The van der Waals surface area contributed by atoms with Crippen molar-refractivity contribution in [3.05, 3.63) is 77.1 Å². The molecule has 0 radical (unpaired) electrons. The number of aliphatic carboxylic acids is 1. The maximum Gasteiger partial charge on any atom is 0.490 e. The fraction of sp³-hybridized carbons (Fsp3) is 0.267. The Morgan fingerprint density at radius 2 is 1.30 bits per heavy atom. The quantitative estimate of drug-likeness (QED) is 0.135. The minimum atomic E-state index is -5.08. The lowest BCUT2D eigenvalue weighted by Crippen LogP contribution is -2.22. The highest BCUT2D eigenvalue weighted by Crippen LogP contribution is 2.18. The average molecular weight is 602 g/mol. The number of rotatable bonds is 13. The van der Waals surface area contributed by atoms with E-state index in [-0.39, 0.29) is 5.96 Å². The predicted octanol–water partition coefficient (Wildman–Crippen LogP) is 5.29. The largest absolute Gasteiger partial charge is 0.497 e. The first kappa shape index (κ1) is 34.1. The minimum absolute atomic E-state index is 0.120. The second-order valence-electron chi connectivity index (χ2n) is 8.73. The van der Waals surface area contributed by atoms with E-state index in [2.05, 4.69) is 15.0 Å². The van der Waals surface area contributed by atoms with Gasteiger partial charge in [-0.3, -0.25) is 4.99 Å². The maximum atomic E-state index is 10.6. The summed E-state index contributed by atoms with van der Waals surface area (Å²) in [6.45, 7) is 1.12. The predicted molar refractivity (Wildman–Crippen MR) is 160 cm³/mol. The van der Waals surface area contributed by atoms with E-state index < -0.39 is 12.1 Å². The van der Waals surface area contributed by atoms with Crippen LogP contribution in [0.15, 0.2) is 59.6 Å². The van der Waals surface area contributed by atoms with E-state index >= 15 is 0 Å². The second kappa shape index (κ2) is 17.7. The van der Waals surface area contributed by atoms with Crippen molar-refractivity contribution >= 4 is 36.2 Å². The fourth-order valence-corrected chi connectivity index (χ4v) is 3.25. The number of halogens is 3. The smallest absolute Gasteiger partial charge is 0.490 e. The molecule has 0 bridgehead atoms. The number of alkyl halides is 3. The Balaban J connectivity index is 0.000000821. The summed E-state index contributed by atoms with van der Waals surface area (Å²) < 4.78 is 48.1. The molecule has 3 aromatic rings. The third-order valence-electron chi connectivity index (χ3n) is 5.44. The number of methoxy groups -OCH3 is 2. The number of guanidine groups is 1. The Bertz CT molecular complexity index is 1300. The molecule has 0 aliphatic rings. The van der Waals surface area contributed by atoms with Crippen LogP contribution in [-0.4, -0.2) is 60.6 Å². The molecule has 13 heteroatoms. The molecule has 0 saturated heterocycles. The van der Waals surface area contributed by atoms with Crippen molar-refractivity contribution in [2.75, 3.05) is 27.4 Å². The molecule has 0 atom stereocenters. The Labute approximate surface area is 247 Å². The van der Waals surface area contributed by atoms with Crippen LogP contribution in [0.5, 0.6) is 17.5 Å². The van der Waals surface area contributed by atoms with Crippen molar-refractivity contribution in [2.24, 2.45) is 16.5 Å². The maximum absolute atomic E-state index is 10.6. The molecule has 1 aromatic heterocycles. The zero-order chi connectivity index (χ0) is 31.7. The van der Waals surface area contributed by atoms with Crippen molar-refractivity contribution in [2.45, 2.75) is 25.4 Å². The Hall–Kier alpha value is -5.07. The van der Waals surface area contributed by atoms with Crippen molar-refractivity contribution in [3.8, 4) is 17.5 Å². The fourth-order valence-electron chi connectivity index (χ4n) is 3.25. The molecule has 0 unspecified atom stereocenters. The normalized spacial score (nSPS) is 11.1. The van der Waals surface area contributed by atoms with E-state index in [1.807, 2.05) is 78.9 Å². The highest BCUT2D eigenvalue weighted by Gasteiger charge is 2.38. The zero-order valence-corrected chi connectivity index (χ0v) is 23.8. The number of carboxylic acid groups (broad SMARTS) is 1. The highest BCUT2D eigenvalue weighted by molar-refractivity contribution is 5.75. The van der Waals surface area contributed by atoms with E-state index in [4.69, 9.17) is 35.6 Å². The molecular weight excluding hydrogens is 567 g/mol. The lowest BCUT2D eigenvalue weighted by atomic mass is 10.1.